The van der Waals surface area contributed by atoms with Crippen molar-refractivity contribution in [2.24, 2.45) is 0 Å². The number of carboxylic acid groups (broad SMARTS) is 1. The number of benzene rings is 1. The number of urea groups is 1. The summed E-state index contributed by atoms with van der Waals surface area (Å²) in [6.07, 6.45) is 1.50. The molecule has 1 atom stereocenters. The molecule has 0 heterocycles. The van der Waals surface area contributed by atoms with E-state index in [9.17, 15) is 14.0 Å². The maximum Gasteiger partial charge on any atom is 0.337 e. The minimum atomic E-state index is -1.25. The van der Waals surface area contributed by atoms with E-state index in [2.05, 4.69) is 17.2 Å². The molecule has 0 aromatic heterocycles. The number of hydrogen-bond donors (Lipinski definition) is 3. The number of rotatable bonds is 4. The summed E-state index contributed by atoms with van der Waals surface area (Å²) in [6, 6.07) is 2.13. The molecular weight excluding hydrogens is 239 g/mol. The normalized spacial score (nSPS) is 11.4. The predicted octanol–water partition coefficient (Wildman–Crippen LogP) is 2.22. The third-order valence-electron chi connectivity index (χ3n) is 2.17. The highest BCUT2D eigenvalue weighted by Crippen LogP contribution is 2.17. The Balaban J connectivity index is 2.89. The van der Waals surface area contributed by atoms with Crippen LogP contribution in [0.5, 0.6) is 0 Å². The Morgan fingerprint density at radius 3 is 2.72 bits per heavy atom. The maximum atomic E-state index is 13.0. The Bertz CT molecular complexity index is 488. The van der Waals surface area contributed by atoms with E-state index in [-0.39, 0.29) is 17.3 Å². The lowest BCUT2D eigenvalue weighted by atomic mass is 10.2. The molecule has 0 fully saturated rings. The fourth-order valence-corrected chi connectivity index (χ4v) is 1.23. The van der Waals surface area contributed by atoms with Crippen LogP contribution in [-0.4, -0.2) is 23.1 Å². The zero-order valence-corrected chi connectivity index (χ0v) is 9.74. The van der Waals surface area contributed by atoms with E-state index in [0.717, 1.165) is 18.2 Å². The molecule has 1 aromatic rings. The number of halogens is 1. The number of anilines is 1. The van der Waals surface area contributed by atoms with E-state index in [4.69, 9.17) is 5.11 Å². The Kier molecular flexibility index (Phi) is 4.42. The Labute approximate surface area is 103 Å². The van der Waals surface area contributed by atoms with Gasteiger partial charge in [0.1, 0.15) is 5.82 Å². The monoisotopic (exact) mass is 252 g/mol. The van der Waals surface area contributed by atoms with Crippen molar-refractivity contribution in [1.82, 2.24) is 5.32 Å². The highest BCUT2D eigenvalue weighted by atomic mass is 19.1. The van der Waals surface area contributed by atoms with Gasteiger partial charge in [0, 0.05) is 6.04 Å². The van der Waals surface area contributed by atoms with Gasteiger partial charge in [0.2, 0.25) is 0 Å². The van der Waals surface area contributed by atoms with Crippen LogP contribution in [0.2, 0.25) is 0 Å². The number of carboxylic acids is 1. The molecule has 1 unspecified atom stereocenters. The summed E-state index contributed by atoms with van der Waals surface area (Å²) in [5.41, 5.74) is -0.283. The first-order chi connectivity index (χ1) is 8.43. The minimum absolute atomic E-state index is 0.101. The zero-order valence-electron chi connectivity index (χ0n) is 9.74. The van der Waals surface area contributed by atoms with Crippen molar-refractivity contribution in [3.63, 3.8) is 0 Å². The molecule has 0 spiro atoms. The SMILES string of the molecule is C=CC(C)NC(=O)Nc1cc(F)ccc1C(=O)O. The first-order valence-corrected chi connectivity index (χ1v) is 5.17. The van der Waals surface area contributed by atoms with Crippen LogP contribution in [0.3, 0.4) is 0 Å². The highest BCUT2D eigenvalue weighted by molar-refractivity contribution is 6.00. The van der Waals surface area contributed by atoms with Crippen molar-refractivity contribution in [3.8, 4) is 0 Å². The average molecular weight is 252 g/mol. The van der Waals surface area contributed by atoms with Crippen molar-refractivity contribution in [2.75, 3.05) is 5.32 Å². The van der Waals surface area contributed by atoms with Gasteiger partial charge < -0.3 is 15.7 Å². The largest absolute Gasteiger partial charge is 0.478 e. The molecule has 5 nitrogen and oxygen atoms in total. The summed E-state index contributed by atoms with van der Waals surface area (Å²) in [4.78, 5) is 22.4. The topological polar surface area (TPSA) is 78.4 Å². The van der Waals surface area contributed by atoms with E-state index in [1.807, 2.05) is 0 Å². The molecule has 1 aromatic carbocycles. The van der Waals surface area contributed by atoms with Gasteiger partial charge >= 0.3 is 12.0 Å². The first kappa shape index (κ1) is 13.7. The number of nitrogens with one attached hydrogen (secondary N) is 2. The molecule has 0 aliphatic heterocycles. The standard InChI is InChI=1S/C12H13FN2O3/c1-3-7(2)14-12(18)15-10-6-8(13)4-5-9(10)11(16)17/h3-7H,1H2,2H3,(H,16,17)(H2,14,15,18). The smallest absolute Gasteiger partial charge is 0.337 e. The van der Waals surface area contributed by atoms with Crippen LogP contribution in [0.1, 0.15) is 17.3 Å². The maximum absolute atomic E-state index is 13.0. The molecule has 0 saturated carbocycles. The van der Waals surface area contributed by atoms with E-state index >= 15 is 0 Å². The van der Waals surface area contributed by atoms with Crippen LogP contribution in [0, 0.1) is 5.82 Å². The van der Waals surface area contributed by atoms with Crippen LogP contribution in [-0.2, 0) is 0 Å². The van der Waals surface area contributed by atoms with Gasteiger partial charge in [-0.05, 0) is 25.1 Å². The molecule has 0 bridgehead atoms. The fourth-order valence-electron chi connectivity index (χ4n) is 1.23. The van der Waals surface area contributed by atoms with E-state index < -0.39 is 17.8 Å². The van der Waals surface area contributed by atoms with Crippen molar-refractivity contribution in [2.45, 2.75) is 13.0 Å². The van der Waals surface area contributed by atoms with Gasteiger partial charge in [0.15, 0.2) is 0 Å². The lowest BCUT2D eigenvalue weighted by molar-refractivity contribution is 0.0698. The van der Waals surface area contributed by atoms with Gasteiger partial charge in [-0.2, -0.15) is 0 Å². The Hall–Kier alpha value is -2.37. The summed E-state index contributed by atoms with van der Waals surface area (Å²) < 4.78 is 13.0. The molecule has 96 valence electrons. The van der Waals surface area contributed by atoms with Crippen LogP contribution < -0.4 is 10.6 Å². The van der Waals surface area contributed by atoms with Crippen LogP contribution in [0.15, 0.2) is 30.9 Å². The number of carbonyl (C=O) groups is 2. The molecule has 0 saturated heterocycles. The Morgan fingerprint density at radius 2 is 2.17 bits per heavy atom. The highest BCUT2D eigenvalue weighted by Gasteiger charge is 2.13. The van der Waals surface area contributed by atoms with Crippen LogP contribution in [0.25, 0.3) is 0 Å². The van der Waals surface area contributed by atoms with Gasteiger partial charge in [0.25, 0.3) is 0 Å². The lowest BCUT2D eigenvalue weighted by Crippen LogP contribution is -2.35. The van der Waals surface area contributed by atoms with Crippen LogP contribution in [0.4, 0.5) is 14.9 Å². The van der Waals surface area contributed by atoms with Gasteiger partial charge in [0.05, 0.1) is 11.3 Å². The molecule has 0 aliphatic rings. The van der Waals surface area contributed by atoms with E-state index in [1.54, 1.807) is 6.92 Å². The summed E-state index contributed by atoms with van der Waals surface area (Å²) in [5, 5.41) is 13.6. The predicted molar refractivity (Wildman–Crippen MR) is 65.2 cm³/mol. The summed E-state index contributed by atoms with van der Waals surface area (Å²) in [7, 11) is 0. The number of aromatic carboxylic acids is 1. The van der Waals surface area contributed by atoms with Crippen LogP contribution >= 0.6 is 0 Å². The second kappa shape index (κ2) is 5.81. The summed E-state index contributed by atoms with van der Waals surface area (Å²) in [5.74, 6) is -1.88. The minimum Gasteiger partial charge on any atom is -0.478 e. The molecular formula is C12H13FN2O3. The summed E-state index contributed by atoms with van der Waals surface area (Å²) >= 11 is 0. The van der Waals surface area contributed by atoms with Crippen molar-refractivity contribution in [1.29, 1.82) is 0 Å². The number of amides is 2. The van der Waals surface area contributed by atoms with Gasteiger partial charge in [-0.15, -0.1) is 6.58 Å². The van der Waals surface area contributed by atoms with E-state index in [0.29, 0.717) is 0 Å². The van der Waals surface area contributed by atoms with Crippen molar-refractivity contribution < 1.29 is 19.1 Å². The first-order valence-electron chi connectivity index (χ1n) is 5.17. The number of carbonyl (C=O) groups excluding carboxylic acids is 1. The number of hydrogen-bond acceptors (Lipinski definition) is 2. The quantitative estimate of drug-likeness (QED) is 0.719. The van der Waals surface area contributed by atoms with Gasteiger partial charge in [-0.1, -0.05) is 6.08 Å². The Morgan fingerprint density at radius 1 is 1.50 bits per heavy atom. The third-order valence-corrected chi connectivity index (χ3v) is 2.17. The average Bonchev–Trinajstić information content (AvgIpc) is 2.28. The molecule has 2 amide bonds. The molecule has 0 aliphatic carbocycles. The molecule has 18 heavy (non-hydrogen) atoms. The van der Waals surface area contributed by atoms with E-state index in [1.165, 1.54) is 6.08 Å². The molecule has 3 N–H and O–H groups in total. The van der Waals surface area contributed by atoms with Gasteiger partial charge in [-0.3, -0.25) is 0 Å². The molecule has 0 radical (unpaired) electrons. The summed E-state index contributed by atoms with van der Waals surface area (Å²) in [6.45, 7) is 5.17. The third kappa shape index (κ3) is 3.58. The van der Waals surface area contributed by atoms with Gasteiger partial charge in [-0.25, -0.2) is 14.0 Å². The zero-order chi connectivity index (χ0) is 13.7. The lowest BCUT2D eigenvalue weighted by Gasteiger charge is -2.12. The second-order valence-corrected chi connectivity index (χ2v) is 3.62. The fraction of sp³-hybridized carbons (Fsp3) is 0.167. The molecule has 6 heteroatoms. The second-order valence-electron chi connectivity index (χ2n) is 3.62. The van der Waals surface area contributed by atoms with Crippen molar-refractivity contribution >= 4 is 17.7 Å². The molecule has 1 rings (SSSR count). The van der Waals surface area contributed by atoms with Crippen molar-refractivity contribution in [3.05, 3.63) is 42.2 Å².